The molecular weight excluding hydrogens is 374 g/mol. The highest BCUT2D eigenvalue weighted by Crippen LogP contribution is 2.32. The Hall–Kier alpha value is -1.44. The number of carbonyl (C=O) groups excluding carboxylic acids is 1. The summed E-state index contributed by atoms with van der Waals surface area (Å²) in [6.07, 6.45) is 3.04. The first kappa shape index (κ1) is 21.3. The first-order chi connectivity index (χ1) is 13.2. The molecular formula is C21H33N3O3S. The maximum Gasteiger partial charge on any atom is 0.244 e. The van der Waals surface area contributed by atoms with Crippen molar-refractivity contribution < 1.29 is 13.2 Å². The number of hydrogen-bond acceptors (Lipinski definition) is 4. The van der Waals surface area contributed by atoms with E-state index in [0.717, 1.165) is 31.5 Å². The lowest BCUT2D eigenvalue weighted by Crippen LogP contribution is -2.51. The monoisotopic (exact) mass is 407 g/mol. The third-order valence-electron chi connectivity index (χ3n) is 5.82. The van der Waals surface area contributed by atoms with Crippen molar-refractivity contribution >= 4 is 15.9 Å². The van der Waals surface area contributed by atoms with Crippen LogP contribution in [0.2, 0.25) is 0 Å². The number of benzene rings is 1. The van der Waals surface area contributed by atoms with E-state index in [4.69, 9.17) is 0 Å². The normalized spacial score (nSPS) is 24.8. The predicted molar refractivity (Wildman–Crippen MR) is 110 cm³/mol. The first-order valence-electron chi connectivity index (χ1n) is 10.3. The van der Waals surface area contributed by atoms with Gasteiger partial charge in [0.15, 0.2) is 0 Å². The SMILES string of the molecule is Cc1ccc(S(=O)(=O)N2C[C@H](C)N(C(=O)CN3CCCCC3)[C@@H]2C(C)C)cc1. The summed E-state index contributed by atoms with van der Waals surface area (Å²) in [7, 11) is -3.66. The molecule has 1 aromatic carbocycles. The minimum Gasteiger partial charge on any atom is -0.321 e. The van der Waals surface area contributed by atoms with Crippen molar-refractivity contribution in [2.75, 3.05) is 26.2 Å². The van der Waals surface area contributed by atoms with Crippen molar-refractivity contribution in [3.8, 4) is 0 Å². The van der Waals surface area contributed by atoms with Gasteiger partial charge in [-0.05, 0) is 57.8 Å². The van der Waals surface area contributed by atoms with Crippen molar-refractivity contribution in [3.05, 3.63) is 29.8 Å². The van der Waals surface area contributed by atoms with Crippen molar-refractivity contribution in [3.63, 3.8) is 0 Å². The van der Waals surface area contributed by atoms with Crippen LogP contribution in [-0.2, 0) is 14.8 Å². The maximum atomic E-state index is 13.3. The number of rotatable bonds is 5. The highest BCUT2D eigenvalue weighted by atomic mass is 32.2. The van der Waals surface area contributed by atoms with Crippen LogP contribution in [0.4, 0.5) is 0 Å². The number of hydrogen-bond donors (Lipinski definition) is 0. The van der Waals surface area contributed by atoms with Crippen LogP contribution in [0.25, 0.3) is 0 Å². The van der Waals surface area contributed by atoms with Gasteiger partial charge in [0.05, 0.1) is 11.4 Å². The first-order valence-corrected chi connectivity index (χ1v) is 11.8. The summed E-state index contributed by atoms with van der Waals surface area (Å²) in [5, 5.41) is 0. The minimum absolute atomic E-state index is 0.00970. The lowest BCUT2D eigenvalue weighted by Gasteiger charge is -2.35. The topological polar surface area (TPSA) is 60.9 Å². The van der Waals surface area contributed by atoms with E-state index in [1.54, 1.807) is 12.1 Å². The zero-order valence-corrected chi connectivity index (χ0v) is 18.3. The zero-order chi connectivity index (χ0) is 20.5. The molecule has 6 nitrogen and oxygen atoms in total. The van der Waals surface area contributed by atoms with Gasteiger partial charge >= 0.3 is 0 Å². The van der Waals surface area contributed by atoms with Crippen LogP contribution in [0, 0.1) is 12.8 Å². The van der Waals surface area contributed by atoms with Crippen LogP contribution in [0.15, 0.2) is 29.2 Å². The van der Waals surface area contributed by atoms with Gasteiger partial charge in [-0.1, -0.05) is 38.0 Å². The molecule has 0 N–H and O–H groups in total. The molecule has 3 rings (SSSR count). The lowest BCUT2D eigenvalue weighted by atomic mass is 10.1. The molecule has 2 heterocycles. The highest BCUT2D eigenvalue weighted by Gasteiger charge is 2.47. The second-order valence-electron chi connectivity index (χ2n) is 8.53. The van der Waals surface area contributed by atoms with Gasteiger partial charge in [-0.3, -0.25) is 9.69 Å². The fraction of sp³-hybridized carbons (Fsp3) is 0.667. The summed E-state index contributed by atoms with van der Waals surface area (Å²) in [6, 6.07) is 6.81. The number of aryl methyl sites for hydroxylation is 1. The van der Waals surface area contributed by atoms with Crippen LogP contribution in [-0.4, -0.2) is 66.8 Å². The zero-order valence-electron chi connectivity index (χ0n) is 17.5. The molecule has 1 amide bonds. The molecule has 0 spiro atoms. The molecule has 0 saturated carbocycles. The molecule has 0 bridgehead atoms. The molecule has 0 aliphatic carbocycles. The molecule has 0 radical (unpaired) electrons. The third kappa shape index (κ3) is 4.26. The minimum atomic E-state index is -3.66. The molecule has 2 fully saturated rings. The maximum absolute atomic E-state index is 13.3. The van der Waals surface area contributed by atoms with Crippen LogP contribution in [0.3, 0.4) is 0 Å². The molecule has 2 aliphatic heterocycles. The fourth-order valence-electron chi connectivity index (χ4n) is 4.38. The van der Waals surface area contributed by atoms with Gasteiger partial charge in [-0.15, -0.1) is 0 Å². The van der Waals surface area contributed by atoms with Gasteiger partial charge < -0.3 is 4.90 Å². The molecule has 2 atom stereocenters. The third-order valence-corrected chi connectivity index (χ3v) is 7.67. The van der Waals surface area contributed by atoms with Crippen molar-refractivity contribution in [1.29, 1.82) is 0 Å². The number of carbonyl (C=O) groups is 1. The summed E-state index contributed by atoms with van der Waals surface area (Å²) in [5.41, 5.74) is 1.02. The van der Waals surface area contributed by atoms with Crippen LogP contribution < -0.4 is 0 Å². The van der Waals surface area contributed by atoms with Gasteiger partial charge in [0.1, 0.15) is 6.17 Å². The predicted octanol–water partition coefficient (Wildman–Crippen LogP) is 2.68. The summed E-state index contributed by atoms with van der Waals surface area (Å²) in [5.74, 6) is 0.0465. The Morgan fingerprint density at radius 1 is 1.11 bits per heavy atom. The second-order valence-corrected chi connectivity index (χ2v) is 10.4. The second kappa shape index (κ2) is 8.51. The smallest absolute Gasteiger partial charge is 0.244 e. The fourth-order valence-corrected chi connectivity index (χ4v) is 6.17. The summed E-state index contributed by atoms with van der Waals surface area (Å²) in [4.78, 5) is 17.5. The molecule has 2 aliphatic rings. The van der Waals surface area contributed by atoms with Crippen molar-refractivity contribution in [2.45, 2.75) is 64.1 Å². The standard InChI is InChI=1S/C21H33N3O3S/c1-16(2)21-23(28(26,27)19-10-8-17(3)9-11-19)14-18(4)24(21)20(25)15-22-12-6-5-7-13-22/h8-11,16,18,21H,5-7,12-15H2,1-4H3/t18-,21+/m0/s1. The van der Waals surface area contributed by atoms with E-state index in [1.807, 2.05) is 44.7 Å². The van der Waals surface area contributed by atoms with Gasteiger partial charge in [0.2, 0.25) is 15.9 Å². The Kier molecular flexibility index (Phi) is 6.47. The van der Waals surface area contributed by atoms with Gasteiger partial charge in [-0.25, -0.2) is 8.42 Å². The van der Waals surface area contributed by atoms with E-state index in [1.165, 1.54) is 10.7 Å². The van der Waals surface area contributed by atoms with Crippen molar-refractivity contribution in [1.82, 2.24) is 14.1 Å². The van der Waals surface area contributed by atoms with Crippen LogP contribution >= 0.6 is 0 Å². The van der Waals surface area contributed by atoms with E-state index in [-0.39, 0.29) is 17.9 Å². The van der Waals surface area contributed by atoms with Gasteiger partial charge in [0.25, 0.3) is 0 Å². The van der Waals surface area contributed by atoms with E-state index < -0.39 is 16.2 Å². The van der Waals surface area contributed by atoms with Gasteiger partial charge in [-0.2, -0.15) is 4.31 Å². The highest BCUT2D eigenvalue weighted by molar-refractivity contribution is 7.89. The Labute approximate surface area is 169 Å². The van der Waals surface area contributed by atoms with E-state index in [0.29, 0.717) is 18.0 Å². The van der Waals surface area contributed by atoms with E-state index >= 15 is 0 Å². The number of amides is 1. The molecule has 0 aromatic heterocycles. The summed E-state index contributed by atoms with van der Waals surface area (Å²) >= 11 is 0. The largest absolute Gasteiger partial charge is 0.321 e. The Morgan fingerprint density at radius 3 is 2.29 bits per heavy atom. The van der Waals surface area contributed by atoms with E-state index in [9.17, 15) is 13.2 Å². The Balaban J connectivity index is 1.85. The molecule has 28 heavy (non-hydrogen) atoms. The molecule has 156 valence electrons. The quantitative estimate of drug-likeness (QED) is 0.753. The Morgan fingerprint density at radius 2 is 1.71 bits per heavy atom. The van der Waals surface area contributed by atoms with E-state index in [2.05, 4.69) is 4.90 Å². The average Bonchev–Trinajstić information content (AvgIpc) is 3.01. The van der Waals surface area contributed by atoms with Crippen LogP contribution in [0.5, 0.6) is 0 Å². The molecule has 1 aromatic rings. The summed E-state index contributed by atoms with van der Waals surface area (Å²) < 4.78 is 28.2. The van der Waals surface area contributed by atoms with Gasteiger partial charge in [0, 0.05) is 12.6 Å². The number of sulfonamides is 1. The Bertz CT molecular complexity index is 786. The molecule has 2 saturated heterocycles. The number of likely N-dealkylation sites (tertiary alicyclic amines) is 1. The molecule has 0 unspecified atom stereocenters. The average molecular weight is 408 g/mol. The lowest BCUT2D eigenvalue weighted by molar-refractivity contribution is -0.137. The van der Waals surface area contributed by atoms with Crippen molar-refractivity contribution in [2.24, 2.45) is 5.92 Å². The number of nitrogens with zero attached hydrogens (tertiary/aromatic N) is 3. The number of piperidine rings is 1. The summed E-state index contributed by atoms with van der Waals surface area (Å²) in [6.45, 7) is 10.5. The molecule has 7 heteroatoms. The van der Waals surface area contributed by atoms with Crippen LogP contribution in [0.1, 0.15) is 45.6 Å².